The Kier molecular flexibility index (Phi) is 5.69. The van der Waals surface area contributed by atoms with Crippen molar-refractivity contribution in [2.45, 2.75) is 40.0 Å². The molecule has 6 heteroatoms. The van der Waals surface area contributed by atoms with Crippen molar-refractivity contribution in [3.8, 4) is 5.75 Å². The van der Waals surface area contributed by atoms with Crippen LogP contribution in [0.1, 0.15) is 38.7 Å². The topological polar surface area (TPSA) is 89.7 Å². The molecule has 116 valence electrons. The lowest BCUT2D eigenvalue weighted by molar-refractivity contribution is -0.385. The molecule has 6 nitrogen and oxygen atoms in total. The third-order valence-electron chi connectivity index (χ3n) is 3.34. The number of benzene rings is 1. The lowest BCUT2D eigenvalue weighted by Crippen LogP contribution is -2.23. The van der Waals surface area contributed by atoms with Gasteiger partial charge < -0.3 is 9.84 Å². The number of aliphatic carboxylic acids is 1. The Hall–Kier alpha value is -2.11. The summed E-state index contributed by atoms with van der Waals surface area (Å²) in [5, 5.41) is 19.9. The van der Waals surface area contributed by atoms with Gasteiger partial charge in [0.1, 0.15) is 0 Å². The van der Waals surface area contributed by atoms with Gasteiger partial charge >= 0.3 is 11.7 Å². The van der Waals surface area contributed by atoms with Crippen molar-refractivity contribution in [3.63, 3.8) is 0 Å². The number of nitro groups is 1. The molecule has 0 aliphatic carbocycles. The number of nitrogens with zero attached hydrogens (tertiary/aromatic N) is 1. The van der Waals surface area contributed by atoms with Gasteiger partial charge in [-0.05, 0) is 51.7 Å². The second-order valence-electron chi connectivity index (χ2n) is 5.72. The zero-order chi connectivity index (χ0) is 16.0. The van der Waals surface area contributed by atoms with E-state index in [9.17, 15) is 14.9 Å². The van der Waals surface area contributed by atoms with E-state index in [1.165, 1.54) is 6.07 Å². The van der Waals surface area contributed by atoms with E-state index < -0.39 is 16.3 Å². The third kappa shape index (κ3) is 5.06. The average molecular weight is 295 g/mol. The van der Waals surface area contributed by atoms with Crippen molar-refractivity contribution in [3.05, 3.63) is 33.9 Å². The van der Waals surface area contributed by atoms with E-state index in [1.807, 2.05) is 6.92 Å². The van der Waals surface area contributed by atoms with Gasteiger partial charge in [0.2, 0.25) is 0 Å². The molecule has 0 heterocycles. The van der Waals surface area contributed by atoms with Crippen LogP contribution >= 0.6 is 0 Å². The molecule has 0 saturated carbocycles. The zero-order valence-corrected chi connectivity index (χ0v) is 12.6. The van der Waals surface area contributed by atoms with Crippen LogP contribution in [0.3, 0.4) is 0 Å². The molecule has 0 aliphatic heterocycles. The molecule has 1 rings (SSSR count). The van der Waals surface area contributed by atoms with Crippen LogP contribution in [0, 0.1) is 22.5 Å². The lowest BCUT2D eigenvalue weighted by Gasteiger charge is -2.18. The molecule has 0 fully saturated rings. The van der Waals surface area contributed by atoms with Gasteiger partial charge in [-0.3, -0.25) is 14.9 Å². The maximum Gasteiger partial charge on any atom is 0.310 e. The zero-order valence-electron chi connectivity index (χ0n) is 12.6. The molecule has 1 N–H and O–H groups in total. The number of hydrogen-bond donors (Lipinski definition) is 1. The predicted octanol–water partition coefficient (Wildman–Crippen LogP) is 3.56. The lowest BCUT2D eigenvalue weighted by atomic mass is 9.87. The molecule has 0 aromatic heterocycles. The van der Waals surface area contributed by atoms with Crippen molar-refractivity contribution < 1.29 is 19.6 Å². The minimum absolute atomic E-state index is 0.0496. The summed E-state index contributed by atoms with van der Waals surface area (Å²) in [6.45, 7) is 5.54. The summed E-state index contributed by atoms with van der Waals surface area (Å²) in [6, 6.07) is 4.73. The Morgan fingerprint density at radius 1 is 1.38 bits per heavy atom. The standard InChI is InChI=1S/C15H21NO5/c1-11-6-7-12(16(19)20)13(10-11)21-9-5-4-8-15(2,3)14(17)18/h6-7,10H,4-5,8-9H2,1-3H3,(H,17,18). The Morgan fingerprint density at radius 2 is 2.05 bits per heavy atom. The van der Waals surface area contributed by atoms with E-state index in [-0.39, 0.29) is 11.4 Å². The first-order chi connectivity index (χ1) is 9.74. The maximum atomic E-state index is 11.0. The Labute approximate surface area is 123 Å². The summed E-state index contributed by atoms with van der Waals surface area (Å²) < 4.78 is 5.47. The highest BCUT2D eigenvalue weighted by molar-refractivity contribution is 5.73. The second kappa shape index (κ2) is 7.06. The summed E-state index contributed by atoms with van der Waals surface area (Å²) in [7, 11) is 0. The highest BCUT2D eigenvalue weighted by atomic mass is 16.6. The second-order valence-corrected chi connectivity index (χ2v) is 5.72. The smallest absolute Gasteiger partial charge is 0.310 e. The number of unbranched alkanes of at least 4 members (excludes halogenated alkanes) is 1. The van der Waals surface area contributed by atoms with Crippen LogP contribution in [-0.2, 0) is 4.79 Å². The van der Waals surface area contributed by atoms with Crippen LogP contribution in [0.25, 0.3) is 0 Å². The van der Waals surface area contributed by atoms with Crippen LogP contribution in [0.5, 0.6) is 5.75 Å². The number of carboxylic acid groups (broad SMARTS) is 1. The summed E-state index contributed by atoms with van der Waals surface area (Å²) in [5.41, 5.74) is 0.0871. The van der Waals surface area contributed by atoms with E-state index in [0.717, 1.165) is 5.56 Å². The fourth-order valence-corrected chi connectivity index (χ4v) is 1.85. The van der Waals surface area contributed by atoms with E-state index in [1.54, 1.807) is 26.0 Å². The molecule has 1 aromatic rings. The molecule has 0 amide bonds. The molecule has 0 spiro atoms. The normalized spacial score (nSPS) is 11.2. The van der Waals surface area contributed by atoms with Gasteiger partial charge in [0.25, 0.3) is 0 Å². The van der Waals surface area contributed by atoms with Gasteiger partial charge in [0.05, 0.1) is 16.9 Å². The van der Waals surface area contributed by atoms with E-state index in [4.69, 9.17) is 9.84 Å². The highest BCUT2D eigenvalue weighted by Crippen LogP contribution is 2.28. The highest BCUT2D eigenvalue weighted by Gasteiger charge is 2.26. The van der Waals surface area contributed by atoms with Crippen molar-refractivity contribution in [1.29, 1.82) is 0 Å². The van der Waals surface area contributed by atoms with Crippen LogP contribution in [0.15, 0.2) is 18.2 Å². The average Bonchev–Trinajstić information content (AvgIpc) is 2.37. The van der Waals surface area contributed by atoms with Gasteiger partial charge in [-0.2, -0.15) is 0 Å². The number of ether oxygens (including phenoxy) is 1. The first-order valence-electron chi connectivity index (χ1n) is 6.85. The summed E-state index contributed by atoms with van der Waals surface area (Å²) in [5.74, 6) is -0.560. The number of hydrogen-bond acceptors (Lipinski definition) is 4. The molecule has 0 aliphatic rings. The van der Waals surface area contributed by atoms with Gasteiger partial charge in [-0.15, -0.1) is 0 Å². The molecule has 0 unspecified atom stereocenters. The van der Waals surface area contributed by atoms with Gasteiger partial charge in [-0.1, -0.05) is 6.07 Å². The molecule has 1 aromatic carbocycles. The van der Waals surface area contributed by atoms with Crippen molar-refractivity contribution in [1.82, 2.24) is 0 Å². The number of rotatable bonds is 8. The molecule has 21 heavy (non-hydrogen) atoms. The minimum atomic E-state index is -0.822. The molecule has 0 bridgehead atoms. The fourth-order valence-electron chi connectivity index (χ4n) is 1.85. The van der Waals surface area contributed by atoms with Crippen LogP contribution in [0.4, 0.5) is 5.69 Å². The molecule has 0 atom stereocenters. The van der Waals surface area contributed by atoms with E-state index >= 15 is 0 Å². The van der Waals surface area contributed by atoms with Gasteiger partial charge in [-0.25, -0.2) is 0 Å². The maximum absolute atomic E-state index is 11.0. The van der Waals surface area contributed by atoms with Gasteiger partial charge in [0.15, 0.2) is 5.75 Å². The van der Waals surface area contributed by atoms with E-state index in [2.05, 4.69) is 0 Å². The Bertz CT molecular complexity index is 525. The van der Waals surface area contributed by atoms with Crippen molar-refractivity contribution in [2.75, 3.05) is 6.61 Å². The third-order valence-corrected chi connectivity index (χ3v) is 3.34. The first kappa shape index (κ1) is 16.9. The number of nitro benzene ring substituents is 1. The Morgan fingerprint density at radius 3 is 2.62 bits per heavy atom. The van der Waals surface area contributed by atoms with Crippen molar-refractivity contribution in [2.24, 2.45) is 5.41 Å². The summed E-state index contributed by atoms with van der Waals surface area (Å²) in [4.78, 5) is 21.4. The molecule has 0 saturated heterocycles. The Balaban J connectivity index is 2.48. The monoisotopic (exact) mass is 295 g/mol. The SMILES string of the molecule is Cc1ccc([N+](=O)[O-])c(OCCCCC(C)(C)C(=O)O)c1. The van der Waals surface area contributed by atoms with Crippen molar-refractivity contribution >= 4 is 11.7 Å². The fraction of sp³-hybridized carbons (Fsp3) is 0.533. The first-order valence-corrected chi connectivity index (χ1v) is 6.85. The quantitative estimate of drug-likeness (QED) is 0.450. The largest absolute Gasteiger partial charge is 0.487 e. The van der Waals surface area contributed by atoms with Crippen LogP contribution in [-0.4, -0.2) is 22.6 Å². The summed E-state index contributed by atoms with van der Waals surface area (Å²) in [6.07, 6.45) is 1.89. The number of aryl methyl sites for hydroxylation is 1. The van der Waals surface area contributed by atoms with Crippen LogP contribution in [0.2, 0.25) is 0 Å². The summed E-state index contributed by atoms with van der Waals surface area (Å²) >= 11 is 0. The number of carboxylic acids is 1. The molecular formula is C15H21NO5. The minimum Gasteiger partial charge on any atom is -0.487 e. The van der Waals surface area contributed by atoms with E-state index in [0.29, 0.717) is 25.9 Å². The van der Waals surface area contributed by atoms with Gasteiger partial charge in [0, 0.05) is 6.07 Å². The molecular weight excluding hydrogens is 274 g/mol. The molecule has 0 radical (unpaired) electrons. The number of carbonyl (C=O) groups is 1. The van der Waals surface area contributed by atoms with Crippen LogP contribution < -0.4 is 4.74 Å². The predicted molar refractivity (Wildman–Crippen MR) is 78.6 cm³/mol.